The van der Waals surface area contributed by atoms with E-state index in [0.29, 0.717) is 11.8 Å². The van der Waals surface area contributed by atoms with Gasteiger partial charge in [-0.3, -0.25) is 0 Å². The summed E-state index contributed by atoms with van der Waals surface area (Å²) in [5.74, 6) is 1.22. The molecule has 0 aromatic heterocycles. The van der Waals surface area contributed by atoms with Gasteiger partial charge in [0.15, 0.2) is 0 Å². The summed E-state index contributed by atoms with van der Waals surface area (Å²) in [6, 6.07) is 21.0. The van der Waals surface area contributed by atoms with Gasteiger partial charge in [0.25, 0.3) is 0 Å². The number of alkyl halides is 1. The molecular formula is C18H18Cl2. The van der Waals surface area contributed by atoms with Crippen molar-refractivity contribution >= 4 is 23.2 Å². The molecule has 0 bridgehead atoms. The monoisotopic (exact) mass is 304 g/mol. The summed E-state index contributed by atoms with van der Waals surface area (Å²) in [6.45, 7) is 0. The Morgan fingerprint density at radius 1 is 0.850 bits per heavy atom. The highest BCUT2D eigenvalue weighted by atomic mass is 35.5. The fourth-order valence-electron chi connectivity index (χ4n) is 2.60. The Kier molecular flexibility index (Phi) is 6.17. The number of rotatable bonds is 6. The van der Waals surface area contributed by atoms with Crippen LogP contribution in [0.15, 0.2) is 72.3 Å². The van der Waals surface area contributed by atoms with Crippen LogP contribution >= 0.6 is 23.2 Å². The zero-order valence-corrected chi connectivity index (χ0v) is 12.8. The van der Waals surface area contributed by atoms with Gasteiger partial charge in [-0.05, 0) is 23.5 Å². The van der Waals surface area contributed by atoms with E-state index in [1.54, 1.807) is 5.54 Å². The molecule has 0 radical (unpaired) electrons. The van der Waals surface area contributed by atoms with Gasteiger partial charge in [0.1, 0.15) is 0 Å². The molecule has 104 valence electrons. The molecule has 0 fully saturated rings. The third-order valence-electron chi connectivity index (χ3n) is 3.55. The number of allylic oxidation sites excluding steroid dienone is 1. The summed E-state index contributed by atoms with van der Waals surface area (Å²) in [5, 5.41) is 0. The van der Waals surface area contributed by atoms with Crippen molar-refractivity contribution in [3.8, 4) is 0 Å². The van der Waals surface area contributed by atoms with Crippen molar-refractivity contribution in [2.45, 2.75) is 18.3 Å². The van der Waals surface area contributed by atoms with Crippen molar-refractivity contribution in [2.24, 2.45) is 0 Å². The van der Waals surface area contributed by atoms with Crippen LogP contribution in [0.1, 0.15) is 29.4 Å². The largest absolute Gasteiger partial charge is 0.127 e. The summed E-state index contributed by atoms with van der Waals surface area (Å²) >= 11 is 11.9. The van der Waals surface area contributed by atoms with Gasteiger partial charge in [-0.25, -0.2) is 0 Å². The van der Waals surface area contributed by atoms with Gasteiger partial charge in [-0.2, -0.15) is 0 Å². The van der Waals surface area contributed by atoms with Crippen LogP contribution in [0.3, 0.4) is 0 Å². The molecule has 0 spiro atoms. The lowest BCUT2D eigenvalue weighted by Gasteiger charge is -2.25. The molecule has 2 aromatic carbocycles. The lowest BCUT2D eigenvalue weighted by atomic mass is 9.80. The molecule has 0 nitrogen and oxygen atoms in total. The third kappa shape index (κ3) is 3.88. The van der Waals surface area contributed by atoms with E-state index in [1.165, 1.54) is 11.1 Å². The Labute approximate surface area is 131 Å². The smallest absolute Gasteiger partial charge is 0.0229 e. The van der Waals surface area contributed by atoms with Crippen molar-refractivity contribution in [1.29, 1.82) is 0 Å². The molecule has 0 aliphatic carbocycles. The van der Waals surface area contributed by atoms with Crippen molar-refractivity contribution in [3.63, 3.8) is 0 Å². The fraction of sp³-hybridized carbons (Fsp3) is 0.222. The first-order valence-corrected chi connectivity index (χ1v) is 7.76. The van der Waals surface area contributed by atoms with Crippen LogP contribution in [-0.2, 0) is 0 Å². The Balaban J connectivity index is 2.38. The van der Waals surface area contributed by atoms with Gasteiger partial charge in [0, 0.05) is 17.3 Å². The number of hydrogen-bond acceptors (Lipinski definition) is 0. The molecule has 0 amide bonds. The van der Waals surface area contributed by atoms with Gasteiger partial charge in [-0.15, -0.1) is 11.6 Å². The van der Waals surface area contributed by atoms with Crippen LogP contribution in [0.5, 0.6) is 0 Å². The van der Waals surface area contributed by atoms with Crippen LogP contribution in [-0.4, -0.2) is 5.88 Å². The maximum Gasteiger partial charge on any atom is 0.0229 e. The van der Waals surface area contributed by atoms with Gasteiger partial charge >= 0.3 is 0 Å². The summed E-state index contributed by atoms with van der Waals surface area (Å²) in [5.41, 5.74) is 4.18. The zero-order valence-electron chi connectivity index (χ0n) is 11.3. The van der Waals surface area contributed by atoms with E-state index in [4.69, 9.17) is 23.2 Å². The van der Waals surface area contributed by atoms with Crippen molar-refractivity contribution in [3.05, 3.63) is 83.4 Å². The summed E-state index contributed by atoms with van der Waals surface area (Å²) in [7, 11) is 0. The Morgan fingerprint density at radius 2 is 1.40 bits per heavy atom. The Hall–Kier alpha value is -1.24. The highest BCUT2D eigenvalue weighted by Gasteiger charge is 2.22. The maximum absolute atomic E-state index is 6.02. The SMILES string of the molecule is ClC=CC(c1ccccc1)C(CCCl)c1ccccc1. The molecule has 20 heavy (non-hydrogen) atoms. The van der Waals surface area contributed by atoms with Crippen molar-refractivity contribution < 1.29 is 0 Å². The molecule has 2 heteroatoms. The predicted octanol–water partition coefficient (Wildman–Crippen LogP) is 5.94. The van der Waals surface area contributed by atoms with Crippen LogP contribution in [0.4, 0.5) is 0 Å². The molecular weight excluding hydrogens is 287 g/mol. The predicted molar refractivity (Wildman–Crippen MR) is 88.7 cm³/mol. The molecule has 0 aliphatic heterocycles. The Bertz CT molecular complexity index is 520. The molecule has 0 saturated carbocycles. The molecule has 2 unspecified atom stereocenters. The van der Waals surface area contributed by atoms with Crippen LogP contribution < -0.4 is 0 Å². The first-order chi connectivity index (χ1) is 9.86. The van der Waals surface area contributed by atoms with Gasteiger partial charge in [-0.1, -0.05) is 78.3 Å². The first kappa shape index (κ1) is 15.2. The van der Waals surface area contributed by atoms with Gasteiger partial charge in [0.05, 0.1) is 0 Å². The van der Waals surface area contributed by atoms with E-state index in [9.17, 15) is 0 Å². The highest BCUT2D eigenvalue weighted by Crippen LogP contribution is 2.37. The van der Waals surface area contributed by atoms with Gasteiger partial charge < -0.3 is 0 Å². The average Bonchev–Trinajstić information content (AvgIpc) is 2.52. The van der Waals surface area contributed by atoms with E-state index in [-0.39, 0.29) is 5.92 Å². The Morgan fingerprint density at radius 3 is 1.90 bits per heavy atom. The second-order valence-electron chi connectivity index (χ2n) is 4.75. The molecule has 2 atom stereocenters. The third-order valence-corrected chi connectivity index (χ3v) is 3.91. The fourth-order valence-corrected chi connectivity index (χ4v) is 2.99. The zero-order chi connectivity index (χ0) is 14.2. The van der Waals surface area contributed by atoms with Crippen molar-refractivity contribution in [2.75, 3.05) is 5.88 Å². The standard InChI is InChI=1S/C18H18Cl2/c19-13-11-17(15-7-3-1-4-8-15)18(12-14-20)16-9-5-2-6-10-16/h1-11,13,17-18H,12,14H2. The minimum absolute atomic E-state index is 0.245. The average molecular weight is 305 g/mol. The van der Waals surface area contributed by atoms with E-state index < -0.39 is 0 Å². The van der Waals surface area contributed by atoms with Gasteiger partial charge in [0.2, 0.25) is 0 Å². The maximum atomic E-state index is 6.02. The molecule has 0 aliphatic rings. The molecule has 0 saturated heterocycles. The second-order valence-corrected chi connectivity index (χ2v) is 5.38. The highest BCUT2D eigenvalue weighted by molar-refractivity contribution is 6.25. The molecule has 2 aromatic rings. The minimum atomic E-state index is 0.245. The number of hydrogen-bond donors (Lipinski definition) is 0. The summed E-state index contributed by atoms with van der Waals surface area (Å²) in [4.78, 5) is 0. The molecule has 2 rings (SSSR count). The normalized spacial score (nSPS) is 14.3. The van der Waals surface area contributed by atoms with Crippen LogP contribution in [0.25, 0.3) is 0 Å². The molecule has 0 N–H and O–H groups in total. The minimum Gasteiger partial charge on any atom is -0.127 e. The van der Waals surface area contributed by atoms with E-state index in [0.717, 1.165) is 6.42 Å². The number of benzene rings is 2. The lowest BCUT2D eigenvalue weighted by molar-refractivity contribution is 0.602. The summed E-state index contributed by atoms with van der Waals surface area (Å²) in [6.07, 6.45) is 2.98. The number of halogens is 2. The first-order valence-electron chi connectivity index (χ1n) is 6.79. The van der Waals surface area contributed by atoms with Crippen LogP contribution in [0.2, 0.25) is 0 Å². The molecule has 0 heterocycles. The van der Waals surface area contributed by atoms with E-state index in [2.05, 4.69) is 54.6 Å². The van der Waals surface area contributed by atoms with E-state index in [1.807, 2.05) is 12.1 Å². The van der Waals surface area contributed by atoms with Crippen molar-refractivity contribution in [1.82, 2.24) is 0 Å². The second kappa shape index (κ2) is 8.14. The lowest BCUT2D eigenvalue weighted by Crippen LogP contribution is -2.10. The van der Waals surface area contributed by atoms with Crippen LogP contribution in [0, 0.1) is 0 Å². The van der Waals surface area contributed by atoms with E-state index >= 15 is 0 Å². The quantitative estimate of drug-likeness (QED) is 0.580. The topological polar surface area (TPSA) is 0 Å². The summed E-state index contributed by atoms with van der Waals surface area (Å²) < 4.78 is 0.